The summed E-state index contributed by atoms with van der Waals surface area (Å²) in [4.78, 5) is 5.95. The van der Waals surface area contributed by atoms with Crippen molar-refractivity contribution in [3.05, 3.63) is 65.9 Å². The number of nitrogens with one attached hydrogen (secondary N) is 1. The van der Waals surface area contributed by atoms with Gasteiger partial charge in [0, 0.05) is 17.1 Å². The lowest BCUT2D eigenvalue weighted by Gasteiger charge is -2.05. The van der Waals surface area contributed by atoms with Crippen molar-refractivity contribution in [3.8, 4) is 0 Å². The summed E-state index contributed by atoms with van der Waals surface area (Å²) >= 11 is 0. The zero-order valence-electron chi connectivity index (χ0n) is 16.1. The highest BCUT2D eigenvalue weighted by atomic mass is 32.2. The fourth-order valence-corrected chi connectivity index (χ4v) is 4.65. The normalized spacial score (nSPS) is 14.9. The van der Waals surface area contributed by atoms with E-state index in [1.165, 1.54) is 31.5 Å². The van der Waals surface area contributed by atoms with Crippen LogP contribution in [0.25, 0.3) is 10.9 Å². The minimum absolute atomic E-state index is 0.131. The van der Waals surface area contributed by atoms with Crippen molar-refractivity contribution in [3.63, 3.8) is 0 Å². The van der Waals surface area contributed by atoms with Crippen molar-refractivity contribution in [2.24, 2.45) is 0 Å². The summed E-state index contributed by atoms with van der Waals surface area (Å²) in [7, 11) is -1.04. The molecular formula is C22H28N2O2S. The van der Waals surface area contributed by atoms with Gasteiger partial charge in [-0.25, -0.2) is 8.42 Å². The van der Waals surface area contributed by atoms with Gasteiger partial charge in [-0.1, -0.05) is 24.3 Å². The van der Waals surface area contributed by atoms with E-state index < -0.39 is 9.84 Å². The highest BCUT2D eigenvalue weighted by Gasteiger charge is 2.14. The zero-order valence-corrected chi connectivity index (χ0v) is 16.9. The summed E-state index contributed by atoms with van der Waals surface area (Å²) in [5.74, 6) is 0.131. The first-order valence-electron chi connectivity index (χ1n) is 9.49. The fraction of sp³-hybridized carbons (Fsp3) is 0.364. The first-order chi connectivity index (χ1) is 13.0. The molecule has 0 saturated carbocycles. The van der Waals surface area contributed by atoms with Crippen LogP contribution < -0.4 is 0 Å². The number of rotatable bonds is 4. The summed E-state index contributed by atoms with van der Waals surface area (Å²) in [5, 5.41) is 1.16. The van der Waals surface area contributed by atoms with Crippen molar-refractivity contribution >= 4 is 20.7 Å². The van der Waals surface area contributed by atoms with E-state index in [-0.39, 0.29) is 5.75 Å². The van der Waals surface area contributed by atoms with Gasteiger partial charge in [0.1, 0.15) is 0 Å². The third-order valence-electron chi connectivity index (χ3n) is 5.04. The van der Waals surface area contributed by atoms with Crippen LogP contribution in [0.4, 0.5) is 0 Å². The number of aryl methyl sites for hydroxylation is 2. The molecule has 5 heteroatoms. The molecule has 1 aliphatic rings. The Labute approximate surface area is 162 Å². The fourth-order valence-electron chi connectivity index (χ4n) is 3.34. The summed E-state index contributed by atoms with van der Waals surface area (Å²) < 4.78 is 24.6. The Hall–Kier alpha value is -2.11. The van der Waals surface area contributed by atoms with Crippen molar-refractivity contribution in [1.82, 2.24) is 9.88 Å². The third kappa shape index (κ3) is 5.21. The molecular weight excluding hydrogens is 356 g/mol. The average Bonchev–Trinajstić information content (AvgIpc) is 3.30. The van der Waals surface area contributed by atoms with E-state index in [1.54, 1.807) is 24.3 Å². The second kappa shape index (κ2) is 8.72. The van der Waals surface area contributed by atoms with E-state index in [4.69, 9.17) is 0 Å². The lowest BCUT2D eigenvalue weighted by molar-refractivity contribution is 0.418. The van der Waals surface area contributed by atoms with Gasteiger partial charge in [-0.3, -0.25) is 0 Å². The number of aromatic nitrogens is 1. The van der Waals surface area contributed by atoms with Crippen molar-refractivity contribution in [1.29, 1.82) is 0 Å². The highest BCUT2D eigenvalue weighted by Crippen LogP contribution is 2.20. The lowest BCUT2D eigenvalue weighted by atomic mass is 10.1. The number of aromatic amines is 1. The predicted molar refractivity (Wildman–Crippen MR) is 112 cm³/mol. The highest BCUT2D eigenvalue weighted by molar-refractivity contribution is 7.91. The molecule has 0 aliphatic carbocycles. The van der Waals surface area contributed by atoms with Gasteiger partial charge in [-0.15, -0.1) is 0 Å². The van der Waals surface area contributed by atoms with Gasteiger partial charge in [0.05, 0.1) is 10.6 Å². The van der Waals surface area contributed by atoms with Crippen LogP contribution in [0.3, 0.4) is 0 Å². The lowest BCUT2D eigenvalue weighted by Crippen LogP contribution is -2.10. The van der Waals surface area contributed by atoms with Crippen LogP contribution in [-0.2, 0) is 16.3 Å². The second-order valence-electron chi connectivity index (χ2n) is 7.24. The van der Waals surface area contributed by atoms with Crippen LogP contribution in [0, 0.1) is 6.92 Å². The van der Waals surface area contributed by atoms with Gasteiger partial charge in [-0.05, 0) is 81.7 Å². The number of benzene rings is 2. The maximum atomic E-state index is 12.3. The Morgan fingerprint density at radius 3 is 2.37 bits per heavy atom. The van der Waals surface area contributed by atoms with Crippen LogP contribution in [0.5, 0.6) is 0 Å². The van der Waals surface area contributed by atoms with Crippen LogP contribution in [0.2, 0.25) is 0 Å². The maximum Gasteiger partial charge on any atom is 0.178 e. The van der Waals surface area contributed by atoms with E-state index in [0.29, 0.717) is 11.3 Å². The molecule has 2 heterocycles. The topological polar surface area (TPSA) is 53.2 Å². The van der Waals surface area contributed by atoms with Gasteiger partial charge in [0.15, 0.2) is 9.84 Å². The molecule has 4 rings (SSSR count). The molecule has 1 N–H and O–H groups in total. The smallest absolute Gasteiger partial charge is 0.178 e. The second-order valence-corrected chi connectivity index (χ2v) is 9.35. The van der Waals surface area contributed by atoms with Gasteiger partial charge in [0.2, 0.25) is 0 Å². The van der Waals surface area contributed by atoms with Crippen LogP contribution >= 0.6 is 0 Å². The van der Waals surface area contributed by atoms with E-state index in [2.05, 4.69) is 23.0 Å². The Bertz CT molecular complexity index is 972. The number of hydrogen-bond acceptors (Lipinski definition) is 3. The molecule has 2 aromatic carbocycles. The Morgan fingerprint density at radius 2 is 1.74 bits per heavy atom. The molecule has 1 aliphatic heterocycles. The number of likely N-dealkylation sites (tertiary alicyclic amines) is 1. The van der Waals surface area contributed by atoms with Gasteiger partial charge < -0.3 is 9.88 Å². The molecule has 1 fully saturated rings. The average molecular weight is 385 g/mol. The zero-order chi connectivity index (χ0) is 19.3. The molecule has 0 atom stereocenters. The van der Waals surface area contributed by atoms with E-state index in [1.807, 2.05) is 31.3 Å². The predicted octanol–water partition coefficient (Wildman–Crippen LogP) is 4.20. The van der Waals surface area contributed by atoms with Crippen molar-refractivity contribution in [2.45, 2.75) is 31.1 Å². The Kier molecular flexibility index (Phi) is 6.34. The molecule has 0 amide bonds. The quantitative estimate of drug-likeness (QED) is 0.733. The largest absolute Gasteiger partial charge is 0.361 e. The molecule has 0 bridgehead atoms. The number of hydrogen-bond donors (Lipinski definition) is 1. The first-order valence-corrected chi connectivity index (χ1v) is 11.1. The number of fused-ring (bicyclic) bond motifs is 1. The van der Waals surface area contributed by atoms with Crippen molar-refractivity contribution < 1.29 is 8.42 Å². The number of nitrogens with zero attached hydrogens (tertiary/aromatic N) is 1. The number of H-pyrrole nitrogens is 1. The number of sulfone groups is 1. The van der Waals surface area contributed by atoms with Gasteiger partial charge >= 0.3 is 0 Å². The Balaban J connectivity index is 0.000000299. The van der Waals surface area contributed by atoms with Crippen LogP contribution in [-0.4, -0.2) is 44.2 Å². The standard InChI is InChI=1S/C17H17NO2S.C5H11N/c1-13-12-18-17-8-7-14(11-16(13)17)9-10-21(19,20)15-5-3-2-4-6-15;1-6-4-2-3-5-6/h2-8,11-12,18H,9-10H2,1H3;2-5H2,1H3. The molecule has 144 valence electrons. The molecule has 4 nitrogen and oxygen atoms in total. The van der Waals surface area contributed by atoms with Gasteiger partial charge in [0.25, 0.3) is 0 Å². The van der Waals surface area contributed by atoms with E-state index in [0.717, 1.165) is 16.5 Å². The summed E-state index contributed by atoms with van der Waals surface area (Å²) in [5.41, 5.74) is 3.31. The minimum atomic E-state index is -3.22. The van der Waals surface area contributed by atoms with Gasteiger partial charge in [-0.2, -0.15) is 0 Å². The molecule has 0 spiro atoms. The molecule has 0 radical (unpaired) electrons. The maximum absolute atomic E-state index is 12.3. The molecule has 3 aromatic rings. The summed E-state index contributed by atoms with van der Waals surface area (Å²) in [6, 6.07) is 14.7. The molecule has 1 saturated heterocycles. The summed E-state index contributed by atoms with van der Waals surface area (Å²) in [6.45, 7) is 4.68. The van der Waals surface area contributed by atoms with E-state index >= 15 is 0 Å². The van der Waals surface area contributed by atoms with Crippen LogP contribution in [0.15, 0.2) is 59.6 Å². The van der Waals surface area contributed by atoms with Crippen LogP contribution in [0.1, 0.15) is 24.0 Å². The monoisotopic (exact) mass is 384 g/mol. The molecule has 27 heavy (non-hydrogen) atoms. The molecule has 0 unspecified atom stereocenters. The summed E-state index contributed by atoms with van der Waals surface area (Å²) in [6.07, 6.45) is 5.32. The third-order valence-corrected chi connectivity index (χ3v) is 6.78. The van der Waals surface area contributed by atoms with Crippen molar-refractivity contribution in [2.75, 3.05) is 25.9 Å². The minimum Gasteiger partial charge on any atom is -0.361 e. The first kappa shape index (κ1) is 19.6. The Morgan fingerprint density at radius 1 is 1.04 bits per heavy atom. The SMILES string of the molecule is CN1CCCC1.Cc1c[nH]c2ccc(CCS(=O)(=O)c3ccccc3)cc12. The molecule has 1 aromatic heterocycles. The van der Waals surface area contributed by atoms with E-state index in [9.17, 15) is 8.42 Å².